The van der Waals surface area contributed by atoms with E-state index in [9.17, 15) is 4.79 Å². The van der Waals surface area contributed by atoms with Crippen molar-refractivity contribution in [2.45, 2.75) is 45.4 Å². The van der Waals surface area contributed by atoms with E-state index in [-0.39, 0.29) is 11.8 Å². The second kappa shape index (κ2) is 5.75. The van der Waals surface area contributed by atoms with Gasteiger partial charge in [-0.25, -0.2) is 0 Å². The number of fused-ring (bicyclic) bond motifs is 1. The van der Waals surface area contributed by atoms with Gasteiger partial charge in [0, 0.05) is 0 Å². The van der Waals surface area contributed by atoms with E-state index in [1.165, 1.54) is 12.8 Å². The van der Waals surface area contributed by atoms with Gasteiger partial charge in [0.1, 0.15) is 0 Å². The SMILES string of the molecule is CCCCC(CC)C1C(=O)Nc2c(Cl)cccc21. The van der Waals surface area contributed by atoms with Gasteiger partial charge in [0.25, 0.3) is 0 Å². The number of nitrogens with one attached hydrogen (secondary N) is 1. The highest BCUT2D eigenvalue weighted by atomic mass is 35.5. The summed E-state index contributed by atoms with van der Waals surface area (Å²) in [5, 5.41) is 3.58. The number of amides is 1. The van der Waals surface area contributed by atoms with Gasteiger partial charge in [-0.1, -0.05) is 56.8 Å². The molecule has 1 amide bonds. The molecule has 0 aliphatic carbocycles. The fraction of sp³-hybridized carbons (Fsp3) is 0.533. The van der Waals surface area contributed by atoms with Crippen LogP contribution in [0.25, 0.3) is 0 Å². The van der Waals surface area contributed by atoms with Crippen LogP contribution < -0.4 is 5.32 Å². The third-order valence-electron chi connectivity index (χ3n) is 3.84. The molecule has 1 aliphatic heterocycles. The second-order valence-electron chi connectivity index (χ2n) is 4.98. The van der Waals surface area contributed by atoms with Crippen LogP contribution in [0.3, 0.4) is 0 Å². The van der Waals surface area contributed by atoms with Gasteiger partial charge in [-0.05, 0) is 24.0 Å². The van der Waals surface area contributed by atoms with Crippen molar-refractivity contribution in [1.82, 2.24) is 0 Å². The number of rotatable bonds is 5. The lowest BCUT2D eigenvalue weighted by atomic mass is 9.82. The molecule has 3 heteroatoms. The van der Waals surface area contributed by atoms with Gasteiger partial charge >= 0.3 is 0 Å². The van der Waals surface area contributed by atoms with Crippen LogP contribution in [0.4, 0.5) is 5.69 Å². The van der Waals surface area contributed by atoms with E-state index in [0.29, 0.717) is 10.9 Å². The molecule has 2 atom stereocenters. The van der Waals surface area contributed by atoms with Crippen LogP contribution in [-0.4, -0.2) is 5.91 Å². The largest absolute Gasteiger partial charge is 0.324 e. The van der Waals surface area contributed by atoms with Gasteiger partial charge < -0.3 is 5.32 Å². The number of para-hydroxylation sites is 1. The Morgan fingerprint density at radius 3 is 2.83 bits per heavy atom. The summed E-state index contributed by atoms with van der Waals surface area (Å²) < 4.78 is 0. The average molecular weight is 266 g/mol. The number of halogens is 1. The molecule has 2 nitrogen and oxygen atoms in total. The smallest absolute Gasteiger partial charge is 0.232 e. The van der Waals surface area contributed by atoms with Crippen molar-refractivity contribution in [1.29, 1.82) is 0 Å². The Hall–Kier alpha value is -1.02. The molecule has 0 saturated carbocycles. The zero-order valence-corrected chi connectivity index (χ0v) is 11.8. The Morgan fingerprint density at radius 1 is 1.39 bits per heavy atom. The summed E-state index contributed by atoms with van der Waals surface area (Å²) >= 11 is 6.14. The molecule has 0 radical (unpaired) electrons. The Labute approximate surface area is 114 Å². The number of benzene rings is 1. The Balaban J connectivity index is 2.29. The minimum atomic E-state index is -0.0183. The predicted octanol–water partition coefficient (Wildman–Crippen LogP) is 4.59. The number of carbonyl (C=O) groups is 1. The molecule has 2 rings (SSSR count). The van der Waals surface area contributed by atoms with Crippen molar-refractivity contribution in [3.05, 3.63) is 28.8 Å². The summed E-state index contributed by atoms with van der Waals surface area (Å²) in [5.41, 5.74) is 1.90. The quantitative estimate of drug-likeness (QED) is 0.829. The summed E-state index contributed by atoms with van der Waals surface area (Å²) in [6.07, 6.45) is 4.49. The van der Waals surface area contributed by atoms with Crippen LogP contribution in [0.2, 0.25) is 5.02 Å². The van der Waals surface area contributed by atoms with Gasteiger partial charge in [0.05, 0.1) is 16.6 Å². The highest BCUT2D eigenvalue weighted by Gasteiger charge is 2.36. The van der Waals surface area contributed by atoms with E-state index >= 15 is 0 Å². The van der Waals surface area contributed by atoms with E-state index < -0.39 is 0 Å². The van der Waals surface area contributed by atoms with Crippen molar-refractivity contribution in [2.75, 3.05) is 5.32 Å². The molecular formula is C15H20ClNO. The van der Waals surface area contributed by atoms with Crippen LogP contribution in [0.1, 0.15) is 51.0 Å². The van der Waals surface area contributed by atoms with Gasteiger partial charge in [-0.15, -0.1) is 0 Å². The van der Waals surface area contributed by atoms with E-state index in [1.54, 1.807) is 0 Å². The third-order valence-corrected chi connectivity index (χ3v) is 4.15. The molecule has 0 fully saturated rings. The highest BCUT2D eigenvalue weighted by molar-refractivity contribution is 6.34. The van der Waals surface area contributed by atoms with Crippen molar-refractivity contribution >= 4 is 23.2 Å². The molecule has 0 aromatic heterocycles. The van der Waals surface area contributed by atoms with Gasteiger partial charge in [0.15, 0.2) is 0 Å². The maximum Gasteiger partial charge on any atom is 0.232 e. The number of hydrogen-bond acceptors (Lipinski definition) is 1. The minimum Gasteiger partial charge on any atom is -0.324 e. The highest BCUT2D eigenvalue weighted by Crippen LogP contribution is 2.43. The van der Waals surface area contributed by atoms with Crippen molar-refractivity contribution in [3.8, 4) is 0 Å². The van der Waals surface area contributed by atoms with Crippen molar-refractivity contribution in [2.24, 2.45) is 5.92 Å². The first kappa shape index (κ1) is 13.4. The molecule has 1 heterocycles. The summed E-state index contributed by atoms with van der Waals surface area (Å²) in [6, 6.07) is 5.79. The first-order valence-electron chi connectivity index (χ1n) is 6.78. The molecular weight excluding hydrogens is 246 g/mol. The van der Waals surface area contributed by atoms with Gasteiger partial charge in [0.2, 0.25) is 5.91 Å². The molecule has 2 unspecified atom stereocenters. The van der Waals surface area contributed by atoms with Crippen molar-refractivity contribution < 1.29 is 4.79 Å². The fourth-order valence-corrected chi connectivity index (χ4v) is 3.04. The number of anilines is 1. The topological polar surface area (TPSA) is 29.1 Å². The van der Waals surface area contributed by atoms with Crippen molar-refractivity contribution in [3.63, 3.8) is 0 Å². The van der Waals surface area contributed by atoms with E-state index in [2.05, 4.69) is 19.2 Å². The lowest BCUT2D eigenvalue weighted by molar-refractivity contribution is -0.118. The number of unbranched alkanes of at least 4 members (excludes halogenated alkanes) is 1. The molecule has 98 valence electrons. The molecule has 0 bridgehead atoms. The average Bonchev–Trinajstić information content (AvgIpc) is 2.69. The molecule has 0 saturated heterocycles. The molecule has 1 N–H and O–H groups in total. The van der Waals surface area contributed by atoms with Crippen LogP contribution in [-0.2, 0) is 4.79 Å². The van der Waals surface area contributed by atoms with E-state index in [1.807, 2.05) is 18.2 Å². The Morgan fingerprint density at radius 2 is 2.17 bits per heavy atom. The van der Waals surface area contributed by atoms with Gasteiger partial charge in [-0.2, -0.15) is 0 Å². The molecule has 1 aromatic carbocycles. The lowest BCUT2D eigenvalue weighted by Gasteiger charge is -2.20. The predicted molar refractivity (Wildman–Crippen MR) is 76.1 cm³/mol. The molecule has 1 aromatic rings. The summed E-state index contributed by atoms with van der Waals surface area (Å²) in [5.74, 6) is 0.515. The zero-order chi connectivity index (χ0) is 13.1. The zero-order valence-electron chi connectivity index (χ0n) is 11.0. The van der Waals surface area contributed by atoms with Crippen LogP contribution in [0, 0.1) is 5.92 Å². The molecule has 18 heavy (non-hydrogen) atoms. The summed E-state index contributed by atoms with van der Waals surface area (Å²) in [4.78, 5) is 12.2. The number of carbonyl (C=O) groups excluding carboxylic acids is 1. The first-order chi connectivity index (χ1) is 8.69. The van der Waals surface area contributed by atoms with Gasteiger partial charge in [-0.3, -0.25) is 4.79 Å². The summed E-state index contributed by atoms with van der Waals surface area (Å²) in [6.45, 7) is 4.35. The minimum absolute atomic E-state index is 0.0183. The Bertz CT molecular complexity index is 444. The maximum atomic E-state index is 12.2. The molecule has 0 spiro atoms. The third kappa shape index (κ3) is 2.39. The van der Waals surface area contributed by atoms with Crippen LogP contribution in [0.5, 0.6) is 0 Å². The van der Waals surface area contributed by atoms with Crippen LogP contribution >= 0.6 is 11.6 Å². The maximum absolute atomic E-state index is 12.2. The lowest BCUT2D eigenvalue weighted by Crippen LogP contribution is -2.20. The molecule has 1 aliphatic rings. The standard InChI is InChI=1S/C15H20ClNO/c1-3-5-7-10(4-2)13-11-8-6-9-12(16)14(11)17-15(13)18/h6,8-10,13H,3-5,7H2,1-2H3,(H,17,18). The second-order valence-corrected chi connectivity index (χ2v) is 5.39. The monoisotopic (exact) mass is 265 g/mol. The first-order valence-corrected chi connectivity index (χ1v) is 7.16. The fourth-order valence-electron chi connectivity index (χ4n) is 2.81. The summed E-state index contributed by atoms with van der Waals surface area (Å²) in [7, 11) is 0. The van der Waals surface area contributed by atoms with E-state index in [4.69, 9.17) is 11.6 Å². The normalized spacial score (nSPS) is 19.5. The Kier molecular flexibility index (Phi) is 4.28. The van der Waals surface area contributed by atoms with Crippen LogP contribution in [0.15, 0.2) is 18.2 Å². The van der Waals surface area contributed by atoms with E-state index in [0.717, 1.165) is 24.1 Å². The number of hydrogen-bond donors (Lipinski definition) is 1.